The number of benzene rings is 1. The topological polar surface area (TPSA) is 36.3 Å². The van der Waals surface area contributed by atoms with Crippen molar-refractivity contribution in [1.82, 2.24) is 4.90 Å². The van der Waals surface area contributed by atoms with Crippen molar-refractivity contribution in [2.75, 3.05) is 13.7 Å². The Morgan fingerprint density at radius 1 is 1.36 bits per heavy atom. The van der Waals surface area contributed by atoms with Crippen molar-refractivity contribution < 1.29 is 4.74 Å². The number of nitrogens with zero attached hydrogens (tertiary/aromatic N) is 2. The van der Waals surface area contributed by atoms with Gasteiger partial charge in [0.1, 0.15) is 11.8 Å². The number of fused-ring (bicyclic) bond motifs is 2. The van der Waals surface area contributed by atoms with E-state index in [1.54, 1.807) is 0 Å². The van der Waals surface area contributed by atoms with Gasteiger partial charge < -0.3 is 4.74 Å². The van der Waals surface area contributed by atoms with Crippen LogP contribution in [-0.4, -0.2) is 30.6 Å². The van der Waals surface area contributed by atoms with Crippen molar-refractivity contribution in [3.05, 3.63) is 35.4 Å². The number of para-hydroxylation sites is 1. The van der Waals surface area contributed by atoms with Crippen LogP contribution in [0.2, 0.25) is 0 Å². The number of rotatable bonds is 5. The predicted octanol–water partition coefficient (Wildman–Crippen LogP) is 3.99. The van der Waals surface area contributed by atoms with Gasteiger partial charge in [-0.2, -0.15) is 5.26 Å². The smallest absolute Gasteiger partial charge is 0.144 e. The highest BCUT2D eigenvalue weighted by atomic mass is 16.5. The van der Waals surface area contributed by atoms with Crippen LogP contribution in [0.3, 0.4) is 0 Å². The first-order valence-electron chi connectivity index (χ1n) is 8.33. The van der Waals surface area contributed by atoms with E-state index in [9.17, 15) is 5.26 Å². The van der Waals surface area contributed by atoms with E-state index >= 15 is 0 Å². The first kappa shape index (κ1) is 15.1. The van der Waals surface area contributed by atoms with Crippen molar-refractivity contribution in [3.8, 4) is 11.8 Å². The highest BCUT2D eigenvalue weighted by molar-refractivity contribution is 5.74. The molecule has 1 aromatic carbocycles. The number of hydrogen-bond acceptors (Lipinski definition) is 3. The molecule has 22 heavy (non-hydrogen) atoms. The maximum absolute atomic E-state index is 9.40. The lowest BCUT2D eigenvalue weighted by molar-refractivity contribution is 0.264. The van der Waals surface area contributed by atoms with Gasteiger partial charge in [0.05, 0.1) is 12.2 Å². The molecule has 0 radical (unpaired) electrons. The average Bonchev–Trinajstić information content (AvgIpc) is 2.76. The Kier molecular flexibility index (Phi) is 4.49. The van der Waals surface area contributed by atoms with Crippen LogP contribution in [0.5, 0.6) is 5.75 Å². The lowest BCUT2D eigenvalue weighted by Crippen LogP contribution is -2.34. The van der Waals surface area contributed by atoms with Gasteiger partial charge in [0.2, 0.25) is 0 Å². The average molecular weight is 296 g/mol. The summed E-state index contributed by atoms with van der Waals surface area (Å²) in [6, 6.07) is 9.41. The third-order valence-electron chi connectivity index (χ3n) is 4.97. The monoisotopic (exact) mass is 296 g/mol. The van der Waals surface area contributed by atoms with Crippen molar-refractivity contribution >= 4 is 5.57 Å². The molecule has 3 rings (SSSR count). The van der Waals surface area contributed by atoms with E-state index in [0.717, 1.165) is 30.6 Å². The molecule has 0 aromatic heterocycles. The number of hydrogen-bond donors (Lipinski definition) is 0. The Hall–Kier alpha value is -1.79. The van der Waals surface area contributed by atoms with Crippen LogP contribution in [0.25, 0.3) is 5.57 Å². The van der Waals surface area contributed by atoms with Gasteiger partial charge in [0, 0.05) is 17.6 Å². The van der Waals surface area contributed by atoms with Crippen LogP contribution in [0.1, 0.15) is 50.2 Å². The summed E-state index contributed by atoms with van der Waals surface area (Å²) in [6.07, 6.45) is 8.08. The molecular formula is C19H24N2O. The molecule has 2 heterocycles. The highest BCUT2D eigenvalue weighted by Gasteiger charge is 2.34. The van der Waals surface area contributed by atoms with Gasteiger partial charge in [0.25, 0.3) is 0 Å². The Morgan fingerprint density at radius 2 is 2.23 bits per heavy atom. The molecule has 116 valence electrons. The van der Waals surface area contributed by atoms with Crippen molar-refractivity contribution in [3.63, 3.8) is 0 Å². The standard InChI is InChI=1S/C19H24N2O/c1-3-4-10-22-19-14(13-20)6-5-7-18(19)15-11-16-8-9-17(12-15)21(16)2/h5-7,11,16-17H,3-4,8-10,12H2,1-2H3/t16-,17+/m1/s1. The second-order valence-corrected chi connectivity index (χ2v) is 6.36. The molecule has 1 saturated heterocycles. The minimum absolute atomic E-state index is 0.544. The van der Waals surface area contributed by atoms with Crippen LogP contribution >= 0.6 is 0 Å². The minimum Gasteiger partial charge on any atom is -0.492 e. The van der Waals surface area contributed by atoms with Crippen LogP contribution in [0.15, 0.2) is 24.3 Å². The molecule has 2 atom stereocenters. The third kappa shape index (κ3) is 2.76. The quantitative estimate of drug-likeness (QED) is 0.771. The summed E-state index contributed by atoms with van der Waals surface area (Å²) in [6.45, 7) is 2.83. The Balaban J connectivity index is 1.93. The molecular weight excluding hydrogens is 272 g/mol. The molecule has 0 N–H and O–H groups in total. The van der Waals surface area contributed by atoms with Gasteiger partial charge in [-0.15, -0.1) is 0 Å². The molecule has 0 saturated carbocycles. The molecule has 1 fully saturated rings. The molecule has 2 bridgehead atoms. The first-order valence-corrected chi connectivity index (χ1v) is 8.33. The molecule has 0 unspecified atom stereocenters. The zero-order valence-electron chi connectivity index (χ0n) is 13.5. The van der Waals surface area contributed by atoms with Gasteiger partial charge in [0.15, 0.2) is 0 Å². The summed E-state index contributed by atoms with van der Waals surface area (Å²) in [5.74, 6) is 0.786. The number of unbranched alkanes of at least 4 members (excludes halogenated alkanes) is 1. The van der Waals surface area contributed by atoms with Gasteiger partial charge in [-0.3, -0.25) is 4.90 Å². The highest BCUT2D eigenvalue weighted by Crippen LogP contribution is 2.40. The van der Waals surface area contributed by atoms with Crippen LogP contribution in [-0.2, 0) is 0 Å². The maximum Gasteiger partial charge on any atom is 0.144 e. The zero-order valence-corrected chi connectivity index (χ0v) is 13.5. The summed E-state index contributed by atoms with van der Waals surface area (Å²) in [4.78, 5) is 2.48. The number of likely N-dealkylation sites (N-methyl/N-ethyl adjacent to an activating group) is 1. The van der Waals surface area contributed by atoms with Crippen molar-refractivity contribution in [2.45, 2.75) is 51.1 Å². The van der Waals surface area contributed by atoms with Crippen molar-refractivity contribution in [2.24, 2.45) is 0 Å². The molecule has 0 amide bonds. The van der Waals surface area contributed by atoms with Crippen LogP contribution in [0.4, 0.5) is 0 Å². The number of nitriles is 1. The van der Waals surface area contributed by atoms with Crippen molar-refractivity contribution in [1.29, 1.82) is 5.26 Å². The second-order valence-electron chi connectivity index (χ2n) is 6.36. The van der Waals surface area contributed by atoms with E-state index < -0.39 is 0 Å². The predicted molar refractivity (Wildman–Crippen MR) is 88.7 cm³/mol. The normalized spacial score (nSPS) is 24.0. The van der Waals surface area contributed by atoms with Gasteiger partial charge in [-0.25, -0.2) is 0 Å². The third-order valence-corrected chi connectivity index (χ3v) is 4.97. The fraction of sp³-hybridized carbons (Fsp3) is 0.526. The molecule has 3 heteroatoms. The maximum atomic E-state index is 9.40. The largest absolute Gasteiger partial charge is 0.492 e. The van der Waals surface area contributed by atoms with E-state index in [4.69, 9.17) is 4.74 Å². The first-order chi connectivity index (χ1) is 10.7. The van der Waals surface area contributed by atoms with E-state index in [2.05, 4.69) is 37.1 Å². The Labute approximate surface area is 133 Å². The summed E-state index contributed by atoms with van der Waals surface area (Å²) in [5, 5.41) is 9.40. The lowest BCUT2D eigenvalue weighted by Gasteiger charge is -2.31. The van der Waals surface area contributed by atoms with E-state index in [-0.39, 0.29) is 0 Å². The summed E-state index contributed by atoms with van der Waals surface area (Å²) in [5.41, 5.74) is 3.13. The van der Waals surface area contributed by atoms with Crippen LogP contribution < -0.4 is 4.74 Å². The SMILES string of the molecule is CCCCOc1c(C#N)cccc1C1=C[C@H]2CC[C@@H](C1)N2C. The molecule has 2 aliphatic rings. The lowest BCUT2D eigenvalue weighted by atomic mass is 9.93. The molecule has 2 aliphatic heterocycles. The summed E-state index contributed by atoms with van der Waals surface area (Å²) >= 11 is 0. The minimum atomic E-state index is 0.544. The second kappa shape index (κ2) is 6.54. The fourth-order valence-corrected chi connectivity index (χ4v) is 3.59. The molecule has 1 aromatic rings. The Bertz CT molecular complexity index is 614. The van der Waals surface area contributed by atoms with Gasteiger partial charge >= 0.3 is 0 Å². The fourth-order valence-electron chi connectivity index (χ4n) is 3.59. The number of ether oxygens (including phenoxy) is 1. The summed E-state index contributed by atoms with van der Waals surface area (Å²) in [7, 11) is 2.22. The van der Waals surface area contributed by atoms with E-state index in [0.29, 0.717) is 24.3 Å². The van der Waals surface area contributed by atoms with Crippen LogP contribution in [0, 0.1) is 11.3 Å². The molecule has 3 nitrogen and oxygen atoms in total. The van der Waals surface area contributed by atoms with Gasteiger partial charge in [-0.1, -0.05) is 31.6 Å². The molecule has 0 spiro atoms. The van der Waals surface area contributed by atoms with E-state index in [1.807, 2.05) is 12.1 Å². The van der Waals surface area contributed by atoms with E-state index in [1.165, 1.54) is 18.4 Å². The Morgan fingerprint density at radius 3 is 2.95 bits per heavy atom. The summed E-state index contributed by atoms with van der Waals surface area (Å²) < 4.78 is 5.99. The van der Waals surface area contributed by atoms with Gasteiger partial charge in [-0.05, 0) is 44.4 Å². The molecule has 0 aliphatic carbocycles. The zero-order chi connectivity index (χ0) is 15.5.